The van der Waals surface area contributed by atoms with Crippen molar-refractivity contribution in [2.75, 3.05) is 18.4 Å². The fourth-order valence-electron chi connectivity index (χ4n) is 3.59. The highest BCUT2D eigenvalue weighted by molar-refractivity contribution is 6.31. The summed E-state index contributed by atoms with van der Waals surface area (Å²) in [6.07, 6.45) is 3.47. The van der Waals surface area contributed by atoms with Crippen LogP contribution in [0, 0.1) is 0 Å². The number of anilines is 1. The van der Waals surface area contributed by atoms with Gasteiger partial charge in [0.15, 0.2) is 0 Å². The van der Waals surface area contributed by atoms with Gasteiger partial charge in [0.05, 0.1) is 28.5 Å². The summed E-state index contributed by atoms with van der Waals surface area (Å²) in [7, 11) is 0. The summed E-state index contributed by atoms with van der Waals surface area (Å²) < 4.78 is 1.42. The minimum atomic E-state index is -0.298. The van der Waals surface area contributed by atoms with E-state index in [-0.39, 0.29) is 30.3 Å². The van der Waals surface area contributed by atoms with E-state index in [1.54, 1.807) is 41.3 Å². The van der Waals surface area contributed by atoms with Crippen molar-refractivity contribution in [1.82, 2.24) is 14.5 Å². The van der Waals surface area contributed by atoms with Crippen LogP contribution in [0.2, 0.25) is 5.02 Å². The lowest BCUT2D eigenvalue weighted by Gasteiger charge is -2.18. The van der Waals surface area contributed by atoms with Gasteiger partial charge in [0, 0.05) is 31.1 Å². The Morgan fingerprint density at radius 2 is 1.87 bits per heavy atom. The van der Waals surface area contributed by atoms with Crippen LogP contribution in [-0.2, 0) is 11.3 Å². The summed E-state index contributed by atoms with van der Waals surface area (Å²) in [5.74, 6) is -0.437. The quantitative estimate of drug-likeness (QED) is 0.681. The van der Waals surface area contributed by atoms with Crippen LogP contribution in [-0.4, -0.2) is 39.4 Å². The van der Waals surface area contributed by atoms with Gasteiger partial charge in [-0.25, -0.2) is 4.98 Å². The number of nitrogens with zero attached hydrogens (tertiary/aromatic N) is 3. The number of halogens is 1. The number of fused-ring (bicyclic) bond motifs is 1. The Morgan fingerprint density at radius 1 is 1.10 bits per heavy atom. The molecule has 0 radical (unpaired) electrons. The minimum Gasteiger partial charge on any atom is -0.339 e. The highest BCUT2D eigenvalue weighted by atomic mass is 35.5. The fraction of sp³-hybridized carbons (Fsp3) is 0.273. The predicted molar refractivity (Wildman–Crippen MR) is 116 cm³/mol. The van der Waals surface area contributed by atoms with Crippen LogP contribution in [0.25, 0.3) is 10.9 Å². The van der Waals surface area contributed by atoms with Crippen molar-refractivity contribution >= 4 is 40.0 Å². The van der Waals surface area contributed by atoms with Crippen molar-refractivity contribution in [3.63, 3.8) is 0 Å². The van der Waals surface area contributed by atoms with Crippen LogP contribution < -0.4 is 10.9 Å². The molecule has 0 saturated carbocycles. The lowest BCUT2D eigenvalue weighted by molar-refractivity contribution is -0.116. The first kappa shape index (κ1) is 20.1. The molecule has 7 nitrogen and oxygen atoms in total. The SMILES string of the molecule is O=C(CCn1cnc2ccccc2c1=O)Nc1ccc(Cl)cc1C(=O)N1CCCC1. The lowest BCUT2D eigenvalue weighted by atomic mass is 10.1. The molecule has 1 aliphatic rings. The molecule has 4 rings (SSSR count). The normalized spacial score (nSPS) is 13.6. The smallest absolute Gasteiger partial charge is 0.261 e. The van der Waals surface area contributed by atoms with E-state index in [4.69, 9.17) is 11.6 Å². The number of carbonyl (C=O) groups excluding carboxylic acids is 2. The Kier molecular flexibility index (Phi) is 5.81. The molecule has 1 aliphatic heterocycles. The van der Waals surface area contributed by atoms with Gasteiger partial charge < -0.3 is 10.2 Å². The van der Waals surface area contributed by atoms with Crippen LogP contribution in [0.3, 0.4) is 0 Å². The first-order valence-electron chi connectivity index (χ1n) is 9.86. The Hall–Kier alpha value is -3.19. The molecule has 0 bridgehead atoms. The first-order chi connectivity index (χ1) is 14.5. The van der Waals surface area contributed by atoms with Crippen LogP contribution in [0.4, 0.5) is 5.69 Å². The third-order valence-electron chi connectivity index (χ3n) is 5.19. The number of benzene rings is 2. The van der Waals surface area contributed by atoms with Crippen LogP contribution in [0.15, 0.2) is 53.6 Å². The predicted octanol–water partition coefficient (Wildman–Crippen LogP) is 3.31. The number of carbonyl (C=O) groups is 2. The van der Waals surface area contributed by atoms with Gasteiger partial charge in [-0.2, -0.15) is 0 Å². The molecule has 1 N–H and O–H groups in total. The molecule has 0 aliphatic carbocycles. The Balaban J connectivity index is 1.47. The van der Waals surface area contributed by atoms with Crippen molar-refractivity contribution in [2.24, 2.45) is 0 Å². The third kappa shape index (κ3) is 4.21. The van der Waals surface area contributed by atoms with Gasteiger partial charge in [-0.05, 0) is 43.2 Å². The number of amides is 2. The van der Waals surface area contributed by atoms with E-state index in [0.717, 1.165) is 12.8 Å². The summed E-state index contributed by atoms with van der Waals surface area (Å²) in [6.45, 7) is 1.60. The number of aryl methyl sites for hydroxylation is 1. The Bertz CT molecular complexity index is 1170. The van der Waals surface area contributed by atoms with Crippen molar-refractivity contribution < 1.29 is 9.59 Å². The zero-order chi connectivity index (χ0) is 21.1. The molecule has 0 unspecified atom stereocenters. The van der Waals surface area contributed by atoms with Crippen molar-refractivity contribution in [3.8, 4) is 0 Å². The molecule has 8 heteroatoms. The van der Waals surface area contributed by atoms with Gasteiger partial charge in [-0.3, -0.25) is 19.0 Å². The molecule has 1 fully saturated rings. The average Bonchev–Trinajstić information content (AvgIpc) is 3.29. The number of nitrogens with one attached hydrogen (secondary N) is 1. The Labute approximate surface area is 178 Å². The maximum atomic E-state index is 12.8. The monoisotopic (exact) mass is 424 g/mol. The standard InChI is InChI=1S/C22H21ClN4O3/c23-15-7-8-19(17(13-15)22(30)26-10-3-4-11-26)25-20(28)9-12-27-14-24-18-6-2-1-5-16(18)21(27)29/h1-2,5-8,13-14H,3-4,9-12H2,(H,25,28). The maximum Gasteiger partial charge on any atom is 0.261 e. The largest absolute Gasteiger partial charge is 0.339 e. The molecule has 0 atom stereocenters. The lowest BCUT2D eigenvalue weighted by Crippen LogP contribution is -2.29. The van der Waals surface area contributed by atoms with E-state index in [2.05, 4.69) is 10.3 Å². The molecule has 154 valence electrons. The molecule has 2 amide bonds. The summed E-state index contributed by atoms with van der Waals surface area (Å²) >= 11 is 6.08. The first-order valence-corrected chi connectivity index (χ1v) is 10.2. The maximum absolute atomic E-state index is 12.8. The minimum absolute atomic E-state index is 0.0693. The number of para-hydroxylation sites is 1. The number of hydrogen-bond donors (Lipinski definition) is 1. The van der Waals surface area contributed by atoms with Gasteiger partial charge in [-0.15, -0.1) is 0 Å². The molecule has 2 aromatic carbocycles. The number of rotatable bonds is 5. The van der Waals surface area contributed by atoms with Gasteiger partial charge in [0.1, 0.15) is 0 Å². The van der Waals surface area contributed by atoms with Crippen LogP contribution in [0.1, 0.15) is 29.6 Å². The van der Waals surface area contributed by atoms with E-state index in [1.807, 2.05) is 6.07 Å². The van der Waals surface area contributed by atoms with E-state index < -0.39 is 0 Å². The summed E-state index contributed by atoms with van der Waals surface area (Å²) in [5.41, 5.74) is 1.23. The summed E-state index contributed by atoms with van der Waals surface area (Å²) in [6, 6.07) is 11.9. The second kappa shape index (κ2) is 8.67. The topological polar surface area (TPSA) is 84.3 Å². The summed E-state index contributed by atoms with van der Waals surface area (Å²) in [4.78, 5) is 43.9. The van der Waals surface area contributed by atoms with E-state index >= 15 is 0 Å². The van der Waals surface area contributed by atoms with E-state index in [0.29, 0.717) is 40.3 Å². The van der Waals surface area contributed by atoms with Gasteiger partial charge in [0.2, 0.25) is 5.91 Å². The van der Waals surface area contributed by atoms with Gasteiger partial charge in [-0.1, -0.05) is 23.7 Å². The Morgan fingerprint density at radius 3 is 2.67 bits per heavy atom. The molecule has 0 spiro atoms. The number of aromatic nitrogens is 2. The molecule has 3 aromatic rings. The second-order valence-corrected chi connectivity index (χ2v) is 7.68. The zero-order valence-electron chi connectivity index (χ0n) is 16.3. The molecule has 2 heterocycles. The molecular weight excluding hydrogens is 404 g/mol. The van der Waals surface area contributed by atoms with Crippen molar-refractivity contribution in [1.29, 1.82) is 0 Å². The molecular formula is C22H21ClN4O3. The van der Waals surface area contributed by atoms with E-state index in [9.17, 15) is 14.4 Å². The highest BCUT2D eigenvalue weighted by Gasteiger charge is 2.23. The molecule has 30 heavy (non-hydrogen) atoms. The number of likely N-dealkylation sites (tertiary alicyclic amines) is 1. The average molecular weight is 425 g/mol. The highest BCUT2D eigenvalue weighted by Crippen LogP contribution is 2.24. The fourth-order valence-corrected chi connectivity index (χ4v) is 3.77. The number of hydrogen-bond acceptors (Lipinski definition) is 4. The zero-order valence-corrected chi connectivity index (χ0v) is 17.1. The second-order valence-electron chi connectivity index (χ2n) is 7.25. The third-order valence-corrected chi connectivity index (χ3v) is 5.43. The summed E-state index contributed by atoms with van der Waals surface area (Å²) in [5, 5.41) is 3.73. The van der Waals surface area contributed by atoms with Crippen LogP contribution in [0.5, 0.6) is 0 Å². The molecule has 1 aromatic heterocycles. The van der Waals surface area contributed by atoms with Crippen molar-refractivity contribution in [2.45, 2.75) is 25.8 Å². The molecule has 1 saturated heterocycles. The van der Waals surface area contributed by atoms with Gasteiger partial charge in [0.25, 0.3) is 11.5 Å². The van der Waals surface area contributed by atoms with Crippen molar-refractivity contribution in [3.05, 3.63) is 69.7 Å². The van der Waals surface area contributed by atoms with E-state index in [1.165, 1.54) is 10.9 Å². The van der Waals surface area contributed by atoms with Crippen LogP contribution >= 0.6 is 11.6 Å². The van der Waals surface area contributed by atoms with Gasteiger partial charge >= 0.3 is 0 Å².